The molecule has 3 amide bonds. The predicted octanol–water partition coefficient (Wildman–Crippen LogP) is 3.23. The Labute approximate surface area is 193 Å². The van der Waals surface area contributed by atoms with Gasteiger partial charge in [0, 0.05) is 18.7 Å². The van der Waals surface area contributed by atoms with Gasteiger partial charge in [-0.3, -0.25) is 24.1 Å². The number of hydrogen-bond donors (Lipinski definition) is 1. The Hall–Kier alpha value is -3.48. The lowest BCUT2D eigenvalue weighted by molar-refractivity contribution is -0.148. The van der Waals surface area contributed by atoms with Crippen LogP contribution in [0.3, 0.4) is 0 Å². The minimum absolute atomic E-state index is 0.0289. The quantitative estimate of drug-likeness (QED) is 0.519. The van der Waals surface area contributed by atoms with E-state index in [2.05, 4.69) is 5.32 Å². The van der Waals surface area contributed by atoms with Crippen LogP contribution in [-0.4, -0.2) is 48.8 Å². The van der Waals surface area contributed by atoms with Gasteiger partial charge in [-0.1, -0.05) is 43.2 Å². The topological polar surface area (TPSA) is 92.8 Å². The van der Waals surface area contributed by atoms with Crippen molar-refractivity contribution in [3.05, 3.63) is 70.8 Å². The van der Waals surface area contributed by atoms with Crippen molar-refractivity contribution < 1.29 is 23.9 Å². The van der Waals surface area contributed by atoms with Gasteiger partial charge in [-0.25, -0.2) is 0 Å². The maximum absolute atomic E-state index is 12.9. The smallest absolute Gasteiger partial charge is 0.309 e. The van der Waals surface area contributed by atoms with Crippen LogP contribution in [0.15, 0.2) is 48.5 Å². The molecule has 0 saturated heterocycles. The van der Waals surface area contributed by atoms with Gasteiger partial charge in [0.05, 0.1) is 24.2 Å². The third kappa shape index (κ3) is 4.82. The third-order valence-corrected chi connectivity index (χ3v) is 6.64. The summed E-state index contributed by atoms with van der Waals surface area (Å²) in [5.41, 5.74) is 1.95. The molecule has 0 aromatic heterocycles. The van der Waals surface area contributed by atoms with E-state index in [0.717, 1.165) is 31.2 Å². The molecule has 2 aromatic carbocycles. The van der Waals surface area contributed by atoms with Crippen molar-refractivity contribution >= 4 is 23.7 Å². The minimum atomic E-state index is -0.376. The largest absolute Gasteiger partial charge is 0.469 e. The normalized spacial score (nSPS) is 19.8. The first kappa shape index (κ1) is 22.7. The summed E-state index contributed by atoms with van der Waals surface area (Å²) in [5, 5.41) is 2.90. The molecular weight excluding hydrogens is 420 g/mol. The van der Waals surface area contributed by atoms with Crippen LogP contribution in [0, 0.1) is 11.8 Å². The summed E-state index contributed by atoms with van der Waals surface area (Å²) in [6, 6.07) is 14.3. The number of imide groups is 1. The van der Waals surface area contributed by atoms with Crippen molar-refractivity contribution in [3.8, 4) is 0 Å². The molecule has 0 radical (unpaired) electrons. The van der Waals surface area contributed by atoms with Crippen molar-refractivity contribution in [1.29, 1.82) is 0 Å². The number of methoxy groups -OCH3 is 1. The maximum Gasteiger partial charge on any atom is 0.309 e. The maximum atomic E-state index is 12.9. The van der Waals surface area contributed by atoms with E-state index in [9.17, 15) is 19.2 Å². The number of carbonyl (C=O) groups is 4. The molecule has 1 aliphatic heterocycles. The molecular formula is C26H28N2O5. The van der Waals surface area contributed by atoms with E-state index in [0.29, 0.717) is 24.1 Å². The van der Waals surface area contributed by atoms with Crippen LogP contribution in [0.4, 0.5) is 0 Å². The molecule has 2 aliphatic rings. The molecule has 1 aliphatic carbocycles. The van der Waals surface area contributed by atoms with E-state index in [4.69, 9.17) is 4.74 Å². The fraction of sp³-hybridized carbons (Fsp3) is 0.385. The van der Waals surface area contributed by atoms with Gasteiger partial charge in [-0.15, -0.1) is 0 Å². The number of carbonyl (C=O) groups excluding carboxylic acids is 4. The summed E-state index contributed by atoms with van der Waals surface area (Å²) >= 11 is 0. The van der Waals surface area contributed by atoms with Crippen LogP contribution >= 0.6 is 0 Å². The van der Waals surface area contributed by atoms with Crippen LogP contribution in [-0.2, 0) is 16.0 Å². The molecule has 2 unspecified atom stereocenters. The van der Waals surface area contributed by atoms with E-state index in [1.807, 2.05) is 30.3 Å². The molecule has 33 heavy (non-hydrogen) atoms. The Kier molecular flexibility index (Phi) is 6.87. The molecule has 7 nitrogen and oxygen atoms in total. The second-order valence-electron chi connectivity index (χ2n) is 8.64. The van der Waals surface area contributed by atoms with Crippen molar-refractivity contribution in [1.82, 2.24) is 10.2 Å². The number of ether oxygens (including phenoxy) is 1. The molecule has 4 rings (SSSR count). The second kappa shape index (κ2) is 9.98. The van der Waals surface area contributed by atoms with E-state index >= 15 is 0 Å². The molecule has 1 N–H and O–H groups in total. The van der Waals surface area contributed by atoms with Crippen molar-refractivity contribution in [2.24, 2.45) is 11.8 Å². The van der Waals surface area contributed by atoms with Crippen LogP contribution in [0.2, 0.25) is 0 Å². The van der Waals surface area contributed by atoms with Gasteiger partial charge >= 0.3 is 5.97 Å². The first-order valence-electron chi connectivity index (χ1n) is 11.4. The second-order valence-corrected chi connectivity index (χ2v) is 8.64. The summed E-state index contributed by atoms with van der Waals surface area (Å²) in [5.74, 6) is -1.44. The highest BCUT2D eigenvalue weighted by atomic mass is 16.5. The highest BCUT2D eigenvalue weighted by Gasteiger charge is 2.36. The van der Waals surface area contributed by atoms with Gasteiger partial charge in [0.1, 0.15) is 0 Å². The van der Waals surface area contributed by atoms with Crippen LogP contribution in [0.1, 0.15) is 62.3 Å². The number of amides is 3. The molecule has 1 heterocycles. The Morgan fingerprint density at radius 2 is 1.73 bits per heavy atom. The summed E-state index contributed by atoms with van der Waals surface area (Å²) in [6.45, 7) is 0.653. The first-order chi connectivity index (χ1) is 16.0. The first-order valence-corrected chi connectivity index (χ1v) is 11.4. The number of nitrogens with one attached hydrogen (secondary N) is 1. The van der Waals surface area contributed by atoms with Gasteiger partial charge in [0.2, 0.25) is 0 Å². The Balaban J connectivity index is 1.41. The number of esters is 1. The van der Waals surface area contributed by atoms with Gasteiger partial charge in [-0.05, 0) is 48.9 Å². The zero-order valence-electron chi connectivity index (χ0n) is 18.7. The Bertz CT molecular complexity index is 1070. The van der Waals surface area contributed by atoms with Gasteiger partial charge < -0.3 is 10.1 Å². The fourth-order valence-electron chi connectivity index (χ4n) is 4.76. The van der Waals surface area contributed by atoms with E-state index in [-0.39, 0.29) is 47.6 Å². The lowest BCUT2D eigenvalue weighted by atomic mass is 9.79. The van der Waals surface area contributed by atoms with Crippen LogP contribution in [0.5, 0.6) is 0 Å². The fourth-order valence-corrected chi connectivity index (χ4v) is 4.76. The summed E-state index contributed by atoms with van der Waals surface area (Å²) < 4.78 is 4.92. The van der Waals surface area contributed by atoms with Crippen LogP contribution < -0.4 is 5.32 Å². The Morgan fingerprint density at radius 3 is 2.48 bits per heavy atom. The van der Waals surface area contributed by atoms with Crippen molar-refractivity contribution in [3.63, 3.8) is 0 Å². The molecule has 1 fully saturated rings. The van der Waals surface area contributed by atoms with E-state index in [1.54, 1.807) is 12.1 Å². The third-order valence-electron chi connectivity index (χ3n) is 6.64. The molecule has 7 heteroatoms. The van der Waals surface area contributed by atoms with E-state index < -0.39 is 0 Å². The molecule has 2 atom stereocenters. The standard InChI is InChI=1S/C26H28N2O5/c1-33-26(32)20-10-6-5-9-19(20)16-27-23(29)18-11-12-21-22(15-18)25(31)28(24(21)30)14-13-17-7-3-2-4-8-17/h2-4,7-8,11-12,15,19-20H,5-6,9-10,13-14,16H2,1H3,(H,27,29). The zero-order chi connectivity index (χ0) is 23.4. The number of rotatable bonds is 7. The molecule has 1 saturated carbocycles. The van der Waals surface area contributed by atoms with E-state index in [1.165, 1.54) is 18.1 Å². The lowest BCUT2D eigenvalue weighted by Gasteiger charge is -2.29. The number of benzene rings is 2. The number of fused-ring (bicyclic) bond motifs is 1. The van der Waals surface area contributed by atoms with Crippen LogP contribution in [0.25, 0.3) is 0 Å². The van der Waals surface area contributed by atoms with Gasteiger partial charge in [-0.2, -0.15) is 0 Å². The highest BCUT2D eigenvalue weighted by molar-refractivity contribution is 6.22. The SMILES string of the molecule is COC(=O)C1CCCCC1CNC(=O)c1ccc2c(c1)C(=O)N(CCc1ccccc1)C2=O. The average Bonchev–Trinajstić information content (AvgIpc) is 3.10. The lowest BCUT2D eigenvalue weighted by Crippen LogP contribution is -2.37. The minimum Gasteiger partial charge on any atom is -0.469 e. The van der Waals surface area contributed by atoms with Crippen molar-refractivity contribution in [2.75, 3.05) is 20.2 Å². The summed E-state index contributed by atoms with van der Waals surface area (Å²) in [4.78, 5) is 51.7. The molecule has 0 spiro atoms. The molecule has 172 valence electrons. The highest BCUT2D eigenvalue weighted by Crippen LogP contribution is 2.30. The van der Waals surface area contributed by atoms with Crippen molar-refractivity contribution in [2.45, 2.75) is 32.1 Å². The summed E-state index contributed by atoms with van der Waals surface area (Å²) in [6.07, 6.45) is 4.19. The van der Waals surface area contributed by atoms with Gasteiger partial charge in [0.15, 0.2) is 0 Å². The number of hydrogen-bond acceptors (Lipinski definition) is 5. The average molecular weight is 449 g/mol. The number of nitrogens with zero attached hydrogens (tertiary/aromatic N) is 1. The predicted molar refractivity (Wildman–Crippen MR) is 122 cm³/mol. The molecule has 2 aromatic rings. The monoisotopic (exact) mass is 448 g/mol. The Morgan fingerprint density at radius 1 is 1.00 bits per heavy atom. The summed E-state index contributed by atoms with van der Waals surface area (Å²) in [7, 11) is 1.39. The zero-order valence-corrected chi connectivity index (χ0v) is 18.7. The molecule has 0 bridgehead atoms. The van der Waals surface area contributed by atoms with Gasteiger partial charge in [0.25, 0.3) is 17.7 Å².